The van der Waals surface area contributed by atoms with E-state index in [0.717, 1.165) is 8.66 Å². The van der Waals surface area contributed by atoms with Crippen molar-refractivity contribution in [3.8, 4) is 10.8 Å². The normalized spacial score (nSPS) is 10.7. The van der Waals surface area contributed by atoms with Crippen LogP contribution in [0.1, 0.15) is 10.4 Å². The summed E-state index contributed by atoms with van der Waals surface area (Å²) in [6, 6.07) is 8.30. The van der Waals surface area contributed by atoms with Crippen LogP contribution >= 0.6 is 50.5 Å². The van der Waals surface area contributed by atoms with Gasteiger partial charge in [-0.2, -0.15) is 0 Å². The lowest BCUT2D eigenvalue weighted by molar-refractivity contribution is 0.102. The van der Waals surface area contributed by atoms with Gasteiger partial charge in [-0.05, 0) is 46.3 Å². The molecule has 1 amide bonds. The van der Waals surface area contributed by atoms with Crippen LogP contribution in [-0.4, -0.2) is 16.1 Å². The number of benzene rings is 1. The van der Waals surface area contributed by atoms with E-state index >= 15 is 0 Å². The van der Waals surface area contributed by atoms with Gasteiger partial charge < -0.3 is 4.42 Å². The molecule has 0 bridgehead atoms. The van der Waals surface area contributed by atoms with E-state index in [9.17, 15) is 4.79 Å². The highest BCUT2D eigenvalue weighted by molar-refractivity contribution is 9.11. The lowest BCUT2D eigenvalue weighted by Crippen LogP contribution is -2.12. The lowest BCUT2D eigenvalue weighted by atomic mass is 10.2. The Kier molecular flexibility index (Phi) is 4.49. The van der Waals surface area contributed by atoms with Gasteiger partial charge in [-0.15, -0.1) is 16.4 Å². The number of hydrogen-bond donors (Lipinski definition) is 1. The maximum Gasteiger partial charge on any atom is 0.322 e. The topological polar surface area (TPSA) is 68.0 Å². The van der Waals surface area contributed by atoms with Crippen molar-refractivity contribution in [1.82, 2.24) is 10.2 Å². The molecule has 2 aromatic heterocycles. The van der Waals surface area contributed by atoms with Crippen molar-refractivity contribution in [2.24, 2.45) is 0 Å². The number of anilines is 1. The SMILES string of the molecule is O=C(Nc1nnc(-c2ccc(Br)s2)o1)c1cc(Cl)ccc1Cl. The van der Waals surface area contributed by atoms with E-state index in [4.69, 9.17) is 27.6 Å². The summed E-state index contributed by atoms with van der Waals surface area (Å²) in [5.74, 6) is -0.154. The Morgan fingerprint density at radius 2 is 2.05 bits per heavy atom. The van der Waals surface area contributed by atoms with Crippen LogP contribution in [0.4, 0.5) is 6.01 Å². The lowest BCUT2D eigenvalue weighted by Gasteiger charge is -2.03. The fourth-order valence-electron chi connectivity index (χ4n) is 1.64. The molecular formula is C13H6BrCl2N3O2S. The van der Waals surface area contributed by atoms with Crippen molar-refractivity contribution in [1.29, 1.82) is 0 Å². The van der Waals surface area contributed by atoms with E-state index in [1.54, 1.807) is 12.1 Å². The van der Waals surface area contributed by atoms with Gasteiger partial charge in [0.1, 0.15) is 0 Å². The molecule has 0 fully saturated rings. The number of rotatable bonds is 3. The van der Waals surface area contributed by atoms with Crippen LogP contribution in [0.5, 0.6) is 0 Å². The van der Waals surface area contributed by atoms with Crippen LogP contribution < -0.4 is 5.32 Å². The number of carbonyl (C=O) groups excluding carboxylic acids is 1. The first-order chi connectivity index (χ1) is 10.5. The quantitative estimate of drug-likeness (QED) is 0.640. The van der Waals surface area contributed by atoms with Gasteiger partial charge >= 0.3 is 6.01 Å². The molecule has 1 aromatic carbocycles. The number of halogens is 3. The van der Waals surface area contributed by atoms with Gasteiger partial charge in [-0.25, -0.2) is 0 Å². The fraction of sp³-hybridized carbons (Fsp3) is 0. The van der Waals surface area contributed by atoms with Crippen molar-refractivity contribution < 1.29 is 9.21 Å². The van der Waals surface area contributed by atoms with Crippen LogP contribution in [0.25, 0.3) is 10.8 Å². The van der Waals surface area contributed by atoms with E-state index in [0.29, 0.717) is 10.9 Å². The molecule has 0 aliphatic rings. The largest absolute Gasteiger partial charge is 0.402 e. The molecule has 0 aliphatic heterocycles. The Hall–Kier alpha value is -1.41. The zero-order chi connectivity index (χ0) is 15.7. The molecule has 22 heavy (non-hydrogen) atoms. The summed E-state index contributed by atoms with van der Waals surface area (Å²) >= 11 is 16.6. The molecule has 0 saturated carbocycles. The molecule has 112 valence electrons. The molecule has 0 spiro atoms. The number of amides is 1. The summed E-state index contributed by atoms with van der Waals surface area (Å²) < 4.78 is 6.35. The molecule has 5 nitrogen and oxygen atoms in total. The minimum Gasteiger partial charge on any atom is -0.402 e. The average molecular weight is 419 g/mol. The number of carbonyl (C=O) groups is 1. The van der Waals surface area contributed by atoms with Crippen LogP contribution in [0.3, 0.4) is 0 Å². The number of aromatic nitrogens is 2. The van der Waals surface area contributed by atoms with Crippen molar-refractivity contribution in [3.05, 3.63) is 49.7 Å². The molecular weight excluding hydrogens is 413 g/mol. The Morgan fingerprint density at radius 3 is 2.77 bits per heavy atom. The van der Waals surface area contributed by atoms with E-state index < -0.39 is 5.91 Å². The first kappa shape index (κ1) is 15.5. The summed E-state index contributed by atoms with van der Waals surface area (Å²) in [6.07, 6.45) is 0. The van der Waals surface area contributed by atoms with Crippen LogP contribution in [0, 0.1) is 0 Å². The van der Waals surface area contributed by atoms with Crippen LogP contribution in [0.15, 0.2) is 38.5 Å². The van der Waals surface area contributed by atoms with Crippen LogP contribution in [0.2, 0.25) is 10.0 Å². The third-order valence-electron chi connectivity index (χ3n) is 2.60. The zero-order valence-electron chi connectivity index (χ0n) is 10.6. The molecule has 2 heterocycles. The highest BCUT2D eigenvalue weighted by atomic mass is 79.9. The fourth-order valence-corrected chi connectivity index (χ4v) is 3.32. The Bertz CT molecular complexity index is 849. The Morgan fingerprint density at radius 1 is 1.23 bits per heavy atom. The Balaban J connectivity index is 1.80. The molecule has 1 N–H and O–H groups in total. The third-order valence-corrected chi connectivity index (χ3v) is 4.78. The maximum absolute atomic E-state index is 12.2. The smallest absolute Gasteiger partial charge is 0.322 e. The summed E-state index contributed by atoms with van der Waals surface area (Å²) in [5, 5.41) is 10.9. The number of nitrogens with zero attached hydrogens (tertiary/aromatic N) is 2. The van der Waals surface area contributed by atoms with E-state index in [-0.39, 0.29) is 16.6 Å². The van der Waals surface area contributed by atoms with Gasteiger partial charge in [0.2, 0.25) is 0 Å². The summed E-state index contributed by atoms with van der Waals surface area (Å²) in [6.45, 7) is 0. The van der Waals surface area contributed by atoms with Crippen LogP contribution in [-0.2, 0) is 0 Å². The summed E-state index contributed by atoms with van der Waals surface area (Å²) in [7, 11) is 0. The monoisotopic (exact) mass is 417 g/mol. The zero-order valence-corrected chi connectivity index (χ0v) is 14.6. The van der Waals surface area contributed by atoms with Gasteiger partial charge in [0.05, 0.1) is 19.2 Å². The van der Waals surface area contributed by atoms with Gasteiger partial charge in [-0.1, -0.05) is 28.3 Å². The molecule has 3 rings (SSSR count). The van der Waals surface area contributed by atoms with Crippen molar-refractivity contribution in [2.75, 3.05) is 5.32 Å². The average Bonchev–Trinajstić information content (AvgIpc) is 3.10. The number of hydrogen-bond acceptors (Lipinski definition) is 5. The van der Waals surface area contributed by atoms with E-state index in [1.807, 2.05) is 12.1 Å². The van der Waals surface area contributed by atoms with Crippen molar-refractivity contribution >= 4 is 62.4 Å². The number of nitrogens with one attached hydrogen (secondary N) is 1. The Labute approximate surface area is 147 Å². The summed E-state index contributed by atoms with van der Waals surface area (Å²) in [5.41, 5.74) is 0.229. The van der Waals surface area contributed by atoms with Crippen molar-refractivity contribution in [2.45, 2.75) is 0 Å². The second-order valence-electron chi connectivity index (χ2n) is 4.09. The predicted octanol–water partition coefficient (Wildman–Crippen LogP) is 5.12. The second-order valence-corrected chi connectivity index (χ2v) is 7.40. The highest BCUT2D eigenvalue weighted by Crippen LogP contribution is 2.31. The minimum absolute atomic E-state index is 0.0134. The highest BCUT2D eigenvalue weighted by Gasteiger charge is 2.16. The van der Waals surface area contributed by atoms with E-state index in [2.05, 4.69) is 31.4 Å². The molecule has 0 atom stereocenters. The molecule has 0 unspecified atom stereocenters. The van der Waals surface area contributed by atoms with Gasteiger partial charge in [0.15, 0.2) is 0 Å². The standard InChI is InChI=1S/C13H6BrCl2N3O2S/c14-10-4-3-9(22-10)12-18-19-13(21-12)17-11(20)7-5-6(15)1-2-8(7)16/h1-5H,(H,17,19,20). The van der Waals surface area contributed by atoms with Crippen molar-refractivity contribution in [3.63, 3.8) is 0 Å². The number of thiophene rings is 1. The first-order valence-corrected chi connectivity index (χ1v) is 8.25. The molecule has 0 radical (unpaired) electrons. The van der Waals surface area contributed by atoms with E-state index in [1.165, 1.54) is 17.4 Å². The predicted molar refractivity (Wildman–Crippen MR) is 89.7 cm³/mol. The molecule has 9 heteroatoms. The van der Waals surface area contributed by atoms with Gasteiger partial charge in [0, 0.05) is 5.02 Å². The molecule has 0 saturated heterocycles. The van der Waals surface area contributed by atoms with Gasteiger partial charge in [-0.3, -0.25) is 10.1 Å². The maximum atomic E-state index is 12.2. The van der Waals surface area contributed by atoms with Gasteiger partial charge in [0.25, 0.3) is 11.8 Å². The first-order valence-electron chi connectivity index (χ1n) is 5.88. The molecule has 0 aliphatic carbocycles. The molecule has 3 aromatic rings. The minimum atomic E-state index is -0.477. The summed E-state index contributed by atoms with van der Waals surface area (Å²) in [4.78, 5) is 12.9. The third kappa shape index (κ3) is 3.33. The second kappa shape index (κ2) is 6.37.